The van der Waals surface area contributed by atoms with Gasteiger partial charge in [-0.25, -0.2) is 4.99 Å². The molecular formula is C12H18N2O2. The number of benzene rings is 1. The highest BCUT2D eigenvalue weighted by Crippen LogP contribution is 2.34. The van der Waals surface area contributed by atoms with Crippen LogP contribution in [0.1, 0.15) is 5.56 Å². The van der Waals surface area contributed by atoms with Gasteiger partial charge in [0.25, 0.3) is 0 Å². The molecule has 0 unspecified atom stereocenters. The first-order chi connectivity index (χ1) is 7.58. The maximum Gasteiger partial charge on any atom is 0.145 e. The topological polar surface area (TPSA) is 34.1 Å². The fourth-order valence-electron chi connectivity index (χ4n) is 1.31. The second-order valence-electron chi connectivity index (χ2n) is 3.70. The second kappa shape index (κ2) is 5.39. The summed E-state index contributed by atoms with van der Waals surface area (Å²) in [7, 11) is 7.12. The molecule has 0 saturated heterocycles. The van der Waals surface area contributed by atoms with Crippen LogP contribution in [0.15, 0.2) is 17.1 Å². The largest absolute Gasteiger partial charge is 0.496 e. The van der Waals surface area contributed by atoms with Gasteiger partial charge in [0.05, 0.1) is 20.6 Å². The van der Waals surface area contributed by atoms with Crippen LogP contribution in [-0.2, 0) is 0 Å². The van der Waals surface area contributed by atoms with E-state index in [-0.39, 0.29) is 0 Å². The molecule has 0 bridgehead atoms. The first kappa shape index (κ1) is 12.4. The number of rotatable bonds is 4. The summed E-state index contributed by atoms with van der Waals surface area (Å²) in [5.41, 5.74) is 1.79. The van der Waals surface area contributed by atoms with E-state index >= 15 is 0 Å². The second-order valence-corrected chi connectivity index (χ2v) is 3.70. The number of nitrogens with zero attached hydrogens (tertiary/aromatic N) is 2. The quantitative estimate of drug-likeness (QED) is 0.578. The summed E-state index contributed by atoms with van der Waals surface area (Å²) in [6.45, 7) is 1.97. The van der Waals surface area contributed by atoms with Gasteiger partial charge in [0.1, 0.15) is 17.2 Å². The van der Waals surface area contributed by atoms with Gasteiger partial charge in [0, 0.05) is 20.2 Å². The average Bonchev–Trinajstić information content (AvgIpc) is 2.26. The van der Waals surface area contributed by atoms with E-state index < -0.39 is 0 Å². The molecule has 0 aliphatic carbocycles. The smallest absolute Gasteiger partial charge is 0.145 e. The van der Waals surface area contributed by atoms with Gasteiger partial charge in [-0.05, 0) is 18.6 Å². The van der Waals surface area contributed by atoms with Crippen LogP contribution in [0, 0.1) is 6.92 Å². The molecule has 1 aromatic carbocycles. The Bertz CT molecular complexity index is 387. The van der Waals surface area contributed by atoms with E-state index in [9.17, 15) is 0 Å². The summed E-state index contributed by atoms with van der Waals surface area (Å²) in [6, 6.07) is 3.79. The van der Waals surface area contributed by atoms with Gasteiger partial charge >= 0.3 is 0 Å². The first-order valence-corrected chi connectivity index (χ1v) is 5.01. The van der Waals surface area contributed by atoms with Crippen molar-refractivity contribution in [3.63, 3.8) is 0 Å². The van der Waals surface area contributed by atoms with Gasteiger partial charge < -0.3 is 14.4 Å². The van der Waals surface area contributed by atoms with Crippen molar-refractivity contribution < 1.29 is 9.47 Å². The lowest BCUT2D eigenvalue weighted by molar-refractivity contribution is 0.401. The van der Waals surface area contributed by atoms with Crippen molar-refractivity contribution in [2.75, 3.05) is 28.3 Å². The lowest BCUT2D eigenvalue weighted by atomic mass is 10.2. The fourth-order valence-corrected chi connectivity index (χ4v) is 1.31. The van der Waals surface area contributed by atoms with E-state index in [1.54, 1.807) is 20.6 Å². The van der Waals surface area contributed by atoms with Gasteiger partial charge in [0.2, 0.25) is 0 Å². The Balaban J connectivity index is 3.14. The van der Waals surface area contributed by atoms with Crippen LogP contribution in [-0.4, -0.2) is 39.6 Å². The predicted octanol–water partition coefficient (Wildman–Crippen LogP) is 2.23. The third-order valence-electron chi connectivity index (χ3n) is 2.12. The van der Waals surface area contributed by atoms with Crippen molar-refractivity contribution in [3.8, 4) is 11.5 Å². The molecular weight excluding hydrogens is 204 g/mol. The Kier molecular flexibility index (Phi) is 4.17. The zero-order valence-corrected chi connectivity index (χ0v) is 10.4. The molecule has 0 spiro atoms. The first-order valence-electron chi connectivity index (χ1n) is 5.01. The van der Waals surface area contributed by atoms with E-state index in [2.05, 4.69) is 4.99 Å². The highest BCUT2D eigenvalue weighted by Gasteiger charge is 2.07. The standard InChI is InChI=1S/C12H18N2O2/c1-9-6-12(16-5)10(7-11(9)15-4)13-8-14(2)3/h6-8H,1-5H3. The molecule has 4 nitrogen and oxygen atoms in total. The normalized spacial score (nSPS) is 10.6. The Morgan fingerprint density at radius 3 is 2.25 bits per heavy atom. The van der Waals surface area contributed by atoms with Gasteiger partial charge in [-0.15, -0.1) is 0 Å². The molecule has 0 aliphatic rings. The molecule has 0 heterocycles. The molecule has 88 valence electrons. The van der Waals surface area contributed by atoms with Crippen molar-refractivity contribution in [1.29, 1.82) is 0 Å². The molecule has 0 amide bonds. The van der Waals surface area contributed by atoms with Gasteiger partial charge in [-0.1, -0.05) is 0 Å². The number of hydrogen-bond acceptors (Lipinski definition) is 3. The highest BCUT2D eigenvalue weighted by molar-refractivity contribution is 5.67. The summed E-state index contributed by atoms with van der Waals surface area (Å²) >= 11 is 0. The van der Waals surface area contributed by atoms with Crippen LogP contribution in [0.25, 0.3) is 0 Å². The summed E-state index contributed by atoms with van der Waals surface area (Å²) < 4.78 is 10.5. The number of methoxy groups -OCH3 is 2. The molecule has 0 fully saturated rings. The molecule has 1 rings (SSSR count). The van der Waals surface area contributed by atoms with Crippen LogP contribution in [0.3, 0.4) is 0 Å². The Morgan fingerprint density at radius 1 is 1.12 bits per heavy atom. The lowest BCUT2D eigenvalue weighted by Crippen LogP contribution is -2.07. The summed E-state index contributed by atoms with van der Waals surface area (Å²) in [4.78, 5) is 6.19. The molecule has 0 saturated carbocycles. The summed E-state index contributed by atoms with van der Waals surface area (Å²) in [5, 5.41) is 0. The minimum Gasteiger partial charge on any atom is -0.496 e. The highest BCUT2D eigenvalue weighted by atomic mass is 16.5. The molecule has 16 heavy (non-hydrogen) atoms. The van der Waals surface area contributed by atoms with Crippen LogP contribution >= 0.6 is 0 Å². The van der Waals surface area contributed by atoms with Crippen LogP contribution in [0.5, 0.6) is 11.5 Å². The molecule has 0 aliphatic heterocycles. The number of aliphatic imine (C=N–C) groups is 1. The van der Waals surface area contributed by atoms with Crippen molar-refractivity contribution in [2.24, 2.45) is 4.99 Å². The predicted molar refractivity (Wildman–Crippen MR) is 66.1 cm³/mol. The van der Waals surface area contributed by atoms with Crippen molar-refractivity contribution in [2.45, 2.75) is 6.92 Å². The Hall–Kier alpha value is -1.71. The minimum absolute atomic E-state index is 0.747. The third kappa shape index (κ3) is 2.89. The molecule has 0 radical (unpaired) electrons. The summed E-state index contributed by atoms with van der Waals surface area (Å²) in [5.74, 6) is 1.56. The van der Waals surface area contributed by atoms with Gasteiger partial charge in [-0.2, -0.15) is 0 Å². The van der Waals surface area contributed by atoms with E-state index in [4.69, 9.17) is 9.47 Å². The van der Waals surface area contributed by atoms with Crippen molar-refractivity contribution in [3.05, 3.63) is 17.7 Å². The van der Waals surface area contributed by atoms with E-state index in [0.29, 0.717) is 0 Å². The Labute approximate surface area is 96.5 Å². The number of ether oxygens (including phenoxy) is 2. The number of hydrogen-bond donors (Lipinski definition) is 0. The molecule has 4 heteroatoms. The zero-order valence-electron chi connectivity index (χ0n) is 10.4. The molecule has 0 N–H and O–H groups in total. The lowest BCUT2D eigenvalue weighted by Gasteiger charge is -2.10. The Morgan fingerprint density at radius 2 is 1.75 bits per heavy atom. The zero-order chi connectivity index (χ0) is 12.1. The summed E-state index contributed by atoms with van der Waals surface area (Å²) in [6.07, 6.45) is 1.73. The monoisotopic (exact) mass is 222 g/mol. The molecule has 0 atom stereocenters. The van der Waals surface area contributed by atoms with Gasteiger partial charge in [-0.3, -0.25) is 0 Å². The van der Waals surface area contributed by atoms with E-state index in [1.165, 1.54) is 0 Å². The van der Waals surface area contributed by atoms with E-state index in [1.807, 2.05) is 38.1 Å². The van der Waals surface area contributed by atoms with E-state index in [0.717, 1.165) is 22.7 Å². The van der Waals surface area contributed by atoms with Crippen LogP contribution in [0.2, 0.25) is 0 Å². The SMILES string of the molecule is COc1cc(N=CN(C)C)c(OC)cc1C. The average molecular weight is 222 g/mol. The maximum atomic E-state index is 5.27. The third-order valence-corrected chi connectivity index (χ3v) is 2.12. The van der Waals surface area contributed by atoms with Crippen molar-refractivity contribution in [1.82, 2.24) is 4.90 Å². The van der Waals surface area contributed by atoms with Crippen LogP contribution < -0.4 is 9.47 Å². The van der Waals surface area contributed by atoms with Crippen molar-refractivity contribution >= 4 is 12.0 Å². The molecule has 0 aromatic heterocycles. The van der Waals surface area contributed by atoms with Gasteiger partial charge in [0.15, 0.2) is 0 Å². The fraction of sp³-hybridized carbons (Fsp3) is 0.417. The maximum absolute atomic E-state index is 5.27. The minimum atomic E-state index is 0.747. The molecule has 1 aromatic rings. The number of aryl methyl sites for hydroxylation is 1. The van der Waals surface area contributed by atoms with Crippen LogP contribution in [0.4, 0.5) is 5.69 Å².